The van der Waals surface area contributed by atoms with E-state index in [4.69, 9.17) is 21.9 Å². The summed E-state index contributed by atoms with van der Waals surface area (Å²) in [7, 11) is 0. The zero-order chi connectivity index (χ0) is 11.5. The first-order valence-electron chi connectivity index (χ1n) is 4.46. The lowest BCUT2D eigenvalue weighted by Gasteiger charge is -2.04. The van der Waals surface area contributed by atoms with Crippen LogP contribution in [0.3, 0.4) is 0 Å². The number of hydrogen-bond acceptors (Lipinski definition) is 7. The molecule has 0 spiro atoms. The van der Waals surface area contributed by atoms with Gasteiger partial charge < -0.3 is 15.6 Å². The third kappa shape index (κ3) is 2.37. The Kier molecular flexibility index (Phi) is 2.86. The van der Waals surface area contributed by atoms with E-state index in [1.807, 2.05) is 0 Å². The molecule has 0 aliphatic heterocycles. The number of nitrogens with two attached hydrogens (primary N) is 1. The smallest absolute Gasteiger partial charge is 0.245 e. The SMILES string of the molecule is Cc1noc(CNc2nc(Cl)ncc2N)n1. The lowest BCUT2D eigenvalue weighted by Crippen LogP contribution is -2.05. The van der Waals surface area contributed by atoms with E-state index in [1.54, 1.807) is 6.92 Å². The second-order valence-electron chi connectivity index (χ2n) is 3.03. The summed E-state index contributed by atoms with van der Waals surface area (Å²) in [4.78, 5) is 11.7. The van der Waals surface area contributed by atoms with Crippen molar-refractivity contribution in [2.45, 2.75) is 13.5 Å². The van der Waals surface area contributed by atoms with Crippen LogP contribution < -0.4 is 11.1 Å². The van der Waals surface area contributed by atoms with Crippen LogP contribution in [0.5, 0.6) is 0 Å². The molecule has 16 heavy (non-hydrogen) atoms. The van der Waals surface area contributed by atoms with Gasteiger partial charge in [0.15, 0.2) is 11.6 Å². The summed E-state index contributed by atoms with van der Waals surface area (Å²) in [5.74, 6) is 1.47. The monoisotopic (exact) mass is 240 g/mol. The molecule has 7 nitrogen and oxygen atoms in total. The van der Waals surface area contributed by atoms with Gasteiger partial charge in [-0.2, -0.15) is 9.97 Å². The lowest BCUT2D eigenvalue weighted by molar-refractivity contribution is 0.379. The number of nitrogen functional groups attached to an aromatic ring is 1. The molecule has 0 unspecified atom stereocenters. The Balaban J connectivity index is 2.07. The zero-order valence-electron chi connectivity index (χ0n) is 8.44. The molecule has 0 aromatic carbocycles. The fourth-order valence-electron chi connectivity index (χ4n) is 1.08. The van der Waals surface area contributed by atoms with Crippen LogP contribution in [0.2, 0.25) is 5.28 Å². The maximum absolute atomic E-state index is 5.65. The quantitative estimate of drug-likeness (QED) is 0.772. The first kappa shape index (κ1) is 10.6. The summed E-state index contributed by atoms with van der Waals surface area (Å²) >= 11 is 5.63. The van der Waals surface area contributed by atoms with Gasteiger partial charge >= 0.3 is 0 Å². The molecule has 2 aromatic heterocycles. The van der Waals surface area contributed by atoms with Gasteiger partial charge in [0.2, 0.25) is 11.2 Å². The number of hydrogen-bond donors (Lipinski definition) is 2. The average molecular weight is 241 g/mol. The van der Waals surface area contributed by atoms with Crippen LogP contribution in [0.15, 0.2) is 10.7 Å². The van der Waals surface area contributed by atoms with Crippen LogP contribution in [0, 0.1) is 6.92 Å². The second kappa shape index (κ2) is 4.31. The van der Waals surface area contributed by atoms with Gasteiger partial charge in [0.1, 0.15) is 0 Å². The van der Waals surface area contributed by atoms with Crippen LogP contribution >= 0.6 is 11.6 Å². The summed E-state index contributed by atoms with van der Waals surface area (Å²) in [6, 6.07) is 0. The standard InChI is InChI=1S/C8H9ClN6O/c1-4-13-6(16-15-4)3-11-7-5(10)2-12-8(9)14-7/h2H,3,10H2,1H3,(H,11,12,14). The molecule has 2 heterocycles. The van der Waals surface area contributed by atoms with E-state index < -0.39 is 0 Å². The van der Waals surface area contributed by atoms with E-state index in [9.17, 15) is 0 Å². The van der Waals surface area contributed by atoms with Crippen molar-refractivity contribution in [3.05, 3.63) is 23.2 Å². The molecule has 84 valence electrons. The van der Waals surface area contributed by atoms with Crippen molar-refractivity contribution < 1.29 is 4.52 Å². The van der Waals surface area contributed by atoms with Crippen LogP contribution in [-0.2, 0) is 6.54 Å². The van der Waals surface area contributed by atoms with Gasteiger partial charge in [0.05, 0.1) is 18.4 Å². The Hall–Kier alpha value is -1.89. The van der Waals surface area contributed by atoms with Crippen molar-refractivity contribution in [2.75, 3.05) is 11.1 Å². The van der Waals surface area contributed by atoms with Gasteiger partial charge in [-0.3, -0.25) is 0 Å². The third-order valence-corrected chi connectivity index (χ3v) is 1.95. The minimum Gasteiger partial charge on any atom is -0.394 e. The molecule has 0 aliphatic carbocycles. The molecule has 0 amide bonds. The van der Waals surface area contributed by atoms with Crippen molar-refractivity contribution in [1.29, 1.82) is 0 Å². The first-order chi connectivity index (χ1) is 7.65. The number of aromatic nitrogens is 4. The summed E-state index contributed by atoms with van der Waals surface area (Å²) in [6.45, 7) is 2.07. The first-order valence-corrected chi connectivity index (χ1v) is 4.84. The van der Waals surface area contributed by atoms with E-state index >= 15 is 0 Å². The topological polar surface area (TPSA) is 103 Å². The number of aryl methyl sites for hydroxylation is 1. The summed E-state index contributed by atoms with van der Waals surface area (Å²) in [5, 5.41) is 6.70. The molecular weight excluding hydrogens is 232 g/mol. The van der Waals surface area contributed by atoms with Crippen molar-refractivity contribution in [3.63, 3.8) is 0 Å². The minimum atomic E-state index is 0.124. The zero-order valence-corrected chi connectivity index (χ0v) is 9.19. The number of halogens is 1. The van der Waals surface area contributed by atoms with E-state index in [0.717, 1.165) is 0 Å². The van der Waals surface area contributed by atoms with Gasteiger partial charge in [-0.15, -0.1) is 0 Å². The van der Waals surface area contributed by atoms with Gasteiger partial charge in [0.25, 0.3) is 0 Å². The van der Waals surface area contributed by atoms with Crippen LogP contribution in [0.4, 0.5) is 11.5 Å². The second-order valence-corrected chi connectivity index (χ2v) is 3.37. The van der Waals surface area contributed by atoms with Crippen LogP contribution in [0.1, 0.15) is 11.7 Å². The maximum Gasteiger partial charge on any atom is 0.245 e. The van der Waals surface area contributed by atoms with Gasteiger partial charge in [0, 0.05) is 0 Å². The molecule has 8 heteroatoms. The van der Waals surface area contributed by atoms with E-state index in [0.29, 0.717) is 29.8 Å². The summed E-state index contributed by atoms with van der Waals surface area (Å²) in [6.07, 6.45) is 1.43. The van der Waals surface area contributed by atoms with Gasteiger partial charge in [-0.05, 0) is 18.5 Å². The number of rotatable bonds is 3. The maximum atomic E-state index is 5.65. The molecular formula is C8H9ClN6O. The Morgan fingerprint density at radius 1 is 1.50 bits per heavy atom. The predicted octanol–water partition coefficient (Wildman–Crippen LogP) is 1.02. The molecule has 2 rings (SSSR count). The van der Waals surface area contributed by atoms with Gasteiger partial charge in [-0.25, -0.2) is 4.98 Å². The molecule has 0 atom stereocenters. The molecule has 0 aliphatic rings. The van der Waals surface area contributed by atoms with Crippen LogP contribution in [-0.4, -0.2) is 20.1 Å². The average Bonchev–Trinajstić information content (AvgIpc) is 2.66. The highest BCUT2D eigenvalue weighted by atomic mass is 35.5. The Morgan fingerprint density at radius 2 is 2.31 bits per heavy atom. The van der Waals surface area contributed by atoms with Crippen molar-refractivity contribution in [2.24, 2.45) is 0 Å². The molecule has 3 N–H and O–H groups in total. The van der Waals surface area contributed by atoms with Crippen molar-refractivity contribution in [1.82, 2.24) is 20.1 Å². The third-order valence-electron chi connectivity index (χ3n) is 1.76. The number of nitrogens with one attached hydrogen (secondary N) is 1. The highest BCUT2D eigenvalue weighted by Crippen LogP contribution is 2.16. The number of anilines is 2. The fraction of sp³-hybridized carbons (Fsp3) is 0.250. The van der Waals surface area contributed by atoms with E-state index in [2.05, 4.69) is 25.4 Å². The fourth-order valence-corrected chi connectivity index (χ4v) is 1.22. The number of nitrogens with zero attached hydrogens (tertiary/aromatic N) is 4. The minimum absolute atomic E-state index is 0.124. The molecule has 0 saturated carbocycles. The normalized spacial score (nSPS) is 10.4. The predicted molar refractivity (Wildman–Crippen MR) is 57.8 cm³/mol. The largest absolute Gasteiger partial charge is 0.394 e. The van der Waals surface area contributed by atoms with Gasteiger partial charge in [-0.1, -0.05) is 5.16 Å². The lowest BCUT2D eigenvalue weighted by atomic mass is 10.4. The van der Waals surface area contributed by atoms with E-state index in [-0.39, 0.29) is 5.28 Å². The summed E-state index contributed by atoms with van der Waals surface area (Å²) < 4.78 is 4.92. The Labute approximate surface area is 96.0 Å². The molecule has 2 aromatic rings. The van der Waals surface area contributed by atoms with Crippen molar-refractivity contribution in [3.8, 4) is 0 Å². The Bertz CT molecular complexity index is 499. The van der Waals surface area contributed by atoms with Crippen LogP contribution in [0.25, 0.3) is 0 Å². The molecule has 0 bridgehead atoms. The summed E-state index contributed by atoms with van der Waals surface area (Å²) in [5.41, 5.74) is 6.05. The van der Waals surface area contributed by atoms with Crippen molar-refractivity contribution >= 4 is 23.1 Å². The Morgan fingerprint density at radius 3 is 3.00 bits per heavy atom. The molecule has 0 radical (unpaired) electrons. The highest BCUT2D eigenvalue weighted by Gasteiger charge is 2.06. The van der Waals surface area contributed by atoms with E-state index in [1.165, 1.54) is 6.20 Å². The highest BCUT2D eigenvalue weighted by molar-refractivity contribution is 6.28. The molecule has 0 fully saturated rings. The molecule has 0 saturated heterocycles.